The van der Waals surface area contributed by atoms with Crippen LogP contribution in [0.1, 0.15) is 44.4 Å². The van der Waals surface area contributed by atoms with Crippen LogP contribution in [0.25, 0.3) is 0 Å². The molecule has 0 saturated heterocycles. The number of nitrogens with one attached hydrogen (secondary N) is 2. The summed E-state index contributed by atoms with van der Waals surface area (Å²) >= 11 is 0. The van der Waals surface area contributed by atoms with Crippen LogP contribution in [0.2, 0.25) is 0 Å². The second-order valence-corrected chi connectivity index (χ2v) is 6.33. The summed E-state index contributed by atoms with van der Waals surface area (Å²) in [5, 5.41) is 5.85. The molecule has 0 unspecified atom stereocenters. The van der Waals surface area contributed by atoms with Crippen molar-refractivity contribution in [3.63, 3.8) is 0 Å². The van der Waals surface area contributed by atoms with Crippen molar-refractivity contribution in [1.82, 2.24) is 15.5 Å². The summed E-state index contributed by atoms with van der Waals surface area (Å²) in [6, 6.07) is 8.29. The van der Waals surface area contributed by atoms with Gasteiger partial charge in [0, 0.05) is 6.04 Å². The van der Waals surface area contributed by atoms with Crippen LogP contribution < -0.4 is 10.6 Å². The molecule has 2 amide bonds. The van der Waals surface area contributed by atoms with Crippen molar-refractivity contribution in [1.29, 1.82) is 0 Å². The molecule has 1 aromatic rings. The quantitative estimate of drug-likeness (QED) is 0.770. The third kappa shape index (κ3) is 7.28. The van der Waals surface area contributed by atoms with Gasteiger partial charge in [-0.25, -0.2) is 0 Å². The van der Waals surface area contributed by atoms with Crippen LogP contribution in [0.4, 0.5) is 0 Å². The van der Waals surface area contributed by atoms with Gasteiger partial charge in [0.05, 0.1) is 19.1 Å². The van der Waals surface area contributed by atoms with E-state index < -0.39 is 0 Å². The normalized spacial score (nSPS) is 12.3. The second kappa shape index (κ2) is 9.30. The molecule has 0 aromatic heterocycles. The molecule has 0 aliphatic rings. The number of rotatable bonds is 8. The van der Waals surface area contributed by atoms with Crippen LogP contribution in [0.5, 0.6) is 0 Å². The summed E-state index contributed by atoms with van der Waals surface area (Å²) in [5.74, 6) is -0.141. The molecule has 2 N–H and O–H groups in total. The van der Waals surface area contributed by atoms with E-state index in [0.29, 0.717) is 0 Å². The third-order valence-electron chi connectivity index (χ3n) is 3.50. The molecule has 0 aliphatic carbocycles. The number of likely N-dealkylation sites (N-methyl/N-ethyl adjacent to an activating group) is 1. The van der Waals surface area contributed by atoms with Gasteiger partial charge in [0.1, 0.15) is 0 Å². The average molecular weight is 319 g/mol. The second-order valence-electron chi connectivity index (χ2n) is 6.33. The summed E-state index contributed by atoms with van der Waals surface area (Å²) in [5.41, 5.74) is 2.30. The smallest absolute Gasteiger partial charge is 0.234 e. The number of aryl methyl sites for hydroxylation is 1. The van der Waals surface area contributed by atoms with Gasteiger partial charge in [0.25, 0.3) is 0 Å². The van der Waals surface area contributed by atoms with E-state index in [1.807, 2.05) is 52.0 Å². The SMILES string of the molecule is CC[C@@H](NC(=O)CN(C)CC(=O)NC(C)C)c1ccc(C)cc1. The summed E-state index contributed by atoms with van der Waals surface area (Å²) in [4.78, 5) is 25.6. The lowest BCUT2D eigenvalue weighted by Crippen LogP contribution is -2.43. The van der Waals surface area contributed by atoms with Gasteiger partial charge in [-0.2, -0.15) is 0 Å². The van der Waals surface area contributed by atoms with Gasteiger partial charge < -0.3 is 10.6 Å². The molecule has 0 radical (unpaired) electrons. The summed E-state index contributed by atoms with van der Waals surface area (Å²) in [7, 11) is 1.77. The van der Waals surface area contributed by atoms with Gasteiger partial charge in [-0.3, -0.25) is 14.5 Å². The van der Waals surface area contributed by atoms with Crippen molar-refractivity contribution in [3.8, 4) is 0 Å². The number of benzene rings is 1. The lowest BCUT2D eigenvalue weighted by atomic mass is 10.0. The maximum absolute atomic E-state index is 12.2. The van der Waals surface area contributed by atoms with Crippen LogP contribution >= 0.6 is 0 Å². The van der Waals surface area contributed by atoms with Crippen LogP contribution in [0, 0.1) is 6.92 Å². The van der Waals surface area contributed by atoms with Crippen molar-refractivity contribution in [2.45, 2.75) is 46.2 Å². The Bertz CT molecular complexity index is 512. The molecular formula is C18H29N3O2. The van der Waals surface area contributed by atoms with E-state index in [2.05, 4.69) is 10.6 Å². The summed E-state index contributed by atoms with van der Waals surface area (Å²) < 4.78 is 0. The first-order valence-corrected chi connectivity index (χ1v) is 8.15. The summed E-state index contributed by atoms with van der Waals surface area (Å²) in [6.45, 7) is 8.34. The first-order chi connectivity index (χ1) is 10.8. The van der Waals surface area contributed by atoms with E-state index >= 15 is 0 Å². The molecule has 1 rings (SSSR count). The lowest BCUT2D eigenvalue weighted by Gasteiger charge is -2.21. The molecule has 0 bridgehead atoms. The Morgan fingerprint density at radius 1 is 1.04 bits per heavy atom. The summed E-state index contributed by atoms with van der Waals surface area (Å²) in [6.07, 6.45) is 0.826. The van der Waals surface area contributed by atoms with Crippen molar-refractivity contribution in [3.05, 3.63) is 35.4 Å². The number of hydrogen-bond acceptors (Lipinski definition) is 3. The van der Waals surface area contributed by atoms with Gasteiger partial charge in [-0.05, 0) is 39.8 Å². The minimum absolute atomic E-state index is 0.000917. The van der Waals surface area contributed by atoms with Gasteiger partial charge in [0.15, 0.2) is 0 Å². The fourth-order valence-corrected chi connectivity index (χ4v) is 2.37. The fraction of sp³-hybridized carbons (Fsp3) is 0.556. The Kier molecular flexibility index (Phi) is 7.75. The highest BCUT2D eigenvalue weighted by molar-refractivity contribution is 5.81. The Hall–Kier alpha value is -1.88. The Balaban J connectivity index is 2.50. The molecule has 1 atom stereocenters. The Morgan fingerprint density at radius 2 is 1.57 bits per heavy atom. The highest BCUT2D eigenvalue weighted by Crippen LogP contribution is 2.16. The Labute approximate surface area is 139 Å². The highest BCUT2D eigenvalue weighted by atomic mass is 16.2. The predicted molar refractivity (Wildman–Crippen MR) is 93.1 cm³/mol. The zero-order valence-corrected chi connectivity index (χ0v) is 14.8. The maximum Gasteiger partial charge on any atom is 0.234 e. The maximum atomic E-state index is 12.2. The first-order valence-electron chi connectivity index (χ1n) is 8.15. The zero-order chi connectivity index (χ0) is 17.4. The fourth-order valence-electron chi connectivity index (χ4n) is 2.37. The Morgan fingerprint density at radius 3 is 2.04 bits per heavy atom. The molecule has 0 aliphatic heterocycles. The predicted octanol–water partition coefficient (Wildman–Crippen LogP) is 2.02. The number of carbonyl (C=O) groups is 2. The van der Waals surface area contributed by atoms with Gasteiger partial charge >= 0.3 is 0 Å². The zero-order valence-electron chi connectivity index (χ0n) is 14.8. The minimum Gasteiger partial charge on any atom is -0.353 e. The van der Waals surface area contributed by atoms with Gasteiger partial charge in [0.2, 0.25) is 11.8 Å². The van der Waals surface area contributed by atoms with E-state index in [0.717, 1.165) is 12.0 Å². The lowest BCUT2D eigenvalue weighted by molar-refractivity contribution is -0.125. The van der Waals surface area contributed by atoms with E-state index in [1.165, 1.54) is 5.56 Å². The van der Waals surface area contributed by atoms with Gasteiger partial charge in [-0.1, -0.05) is 36.8 Å². The van der Waals surface area contributed by atoms with Crippen molar-refractivity contribution in [2.24, 2.45) is 0 Å². The van der Waals surface area contributed by atoms with E-state index in [4.69, 9.17) is 0 Å². The number of hydrogen-bond donors (Lipinski definition) is 2. The molecule has 1 aromatic carbocycles. The monoisotopic (exact) mass is 319 g/mol. The minimum atomic E-state index is -0.0720. The molecule has 0 heterocycles. The molecule has 5 nitrogen and oxygen atoms in total. The van der Waals surface area contributed by atoms with Crippen LogP contribution in [0.15, 0.2) is 24.3 Å². The number of amides is 2. The van der Waals surface area contributed by atoms with Crippen molar-refractivity contribution < 1.29 is 9.59 Å². The standard InChI is InChI=1S/C18H29N3O2/c1-6-16(15-9-7-14(4)8-10-15)20-18(23)12-21(5)11-17(22)19-13(2)3/h7-10,13,16H,6,11-12H2,1-5H3,(H,19,22)(H,20,23)/t16-/m1/s1. The molecule has 0 fully saturated rings. The molecule has 0 saturated carbocycles. The number of nitrogens with zero attached hydrogens (tertiary/aromatic N) is 1. The van der Waals surface area contributed by atoms with Crippen LogP contribution in [-0.4, -0.2) is 42.9 Å². The average Bonchev–Trinajstić information content (AvgIpc) is 2.44. The van der Waals surface area contributed by atoms with E-state index in [9.17, 15) is 9.59 Å². The molecule has 5 heteroatoms. The molecular weight excluding hydrogens is 290 g/mol. The topological polar surface area (TPSA) is 61.4 Å². The van der Waals surface area contributed by atoms with E-state index in [1.54, 1.807) is 11.9 Å². The largest absolute Gasteiger partial charge is 0.353 e. The number of carbonyl (C=O) groups excluding carboxylic acids is 2. The van der Waals surface area contributed by atoms with Gasteiger partial charge in [-0.15, -0.1) is 0 Å². The molecule has 0 spiro atoms. The molecule has 23 heavy (non-hydrogen) atoms. The molecule has 128 valence electrons. The van der Waals surface area contributed by atoms with Crippen molar-refractivity contribution >= 4 is 11.8 Å². The van der Waals surface area contributed by atoms with Crippen LogP contribution in [-0.2, 0) is 9.59 Å². The highest BCUT2D eigenvalue weighted by Gasteiger charge is 2.15. The third-order valence-corrected chi connectivity index (χ3v) is 3.50. The first kappa shape index (κ1) is 19.2. The van der Waals surface area contributed by atoms with Crippen LogP contribution in [0.3, 0.4) is 0 Å². The van der Waals surface area contributed by atoms with E-state index in [-0.39, 0.29) is 37.0 Å². The van der Waals surface area contributed by atoms with Crippen molar-refractivity contribution in [2.75, 3.05) is 20.1 Å².